The number of hydrogen-bond donors (Lipinski definition) is 1. The van der Waals surface area contributed by atoms with E-state index in [0.29, 0.717) is 0 Å². The molecule has 4 nitrogen and oxygen atoms in total. The van der Waals surface area contributed by atoms with Crippen molar-refractivity contribution in [3.8, 4) is 0 Å². The van der Waals surface area contributed by atoms with Crippen molar-refractivity contribution in [3.63, 3.8) is 0 Å². The minimum absolute atomic E-state index is 0.732. The van der Waals surface area contributed by atoms with Gasteiger partial charge in [-0.05, 0) is 47.2 Å². The SMILES string of the molecule is COCCNCc1cn(Cc2ccc(I)cc2)nc1C. The van der Waals surface area contributed by atoms with Crippen LogP contribution < -0.4 is 5.32 Å². The second kappa shape index (κ2) is 7.75. The van der Waals surface area contributed by atoms with E-state index in [9.17, 15) is 0 Å². The number of nitrogens with one attached hydrogen (secondary N) is 1. The molecule has 0 aliphatic rings. The van der Waals surface area contributed by atoms with Crippen molar-refractivity contribution < 1.29 is 4.74 Å². The number of ether oxygens (including phenoxy) is 1. The summed E-state index contributed by atoms with van der Waals surface area (Å²) in [6, 6.07) is 8.55. The van der Waals surface area contributed by atoms with Gasteiger partial charge in [0.05, 0.1) is 18.8 Å². The average molecular weight is 385 g/mol. The lowest BCUT2D eigenvalue weighted by Crippen LogP contribution is -2.18. The summed E-state index contributed by atoms with van der Waals surface area (Å²) in [5.74, 6) is 0. The first-order valence-corrected chi connectivity index (χ1v) is 7.74. The molecular formula is C15H20IN3O. The average Bonchev–Trinajstić information content (AvgIpc) is 2.78. The Labute approximate surface area is 133 Å². The Morgan fingerprint density at radius 2 is 2.05 bits per heavy atom. The van der Waals surface area contributed by atoms with E-state index in [2.05, 4.69) is 70.4 Å². The van der Waals surface area contributed by atoms with Crippen LogP contribution in [0.25, 0.3) is 0 Å². The Balaban J connectivity index is 1.94. The van der Waals surface area contributed by atoms with Gasteiger partial charge in [0, 0.05) is 35.5 Å². The molecule has 1 N–H and O–H groups in total. The third kappa shape index (κ3) is 4.57. The van der Waals surface area contributed by atoms with Crippen LogP contribution in [0.3, 0.4) is 0 Å². The molecule has 0 spiro atoms. The van der Waals surface area contributed by atoms with Gasteiger partial charge in [-0.1, -0.05) is 12.1 Å². The molecule has 0 unspecified atom stereocenters. The summed E-state index contributed by atoms with van der Waals surface area (Å²) in [4.78, 5) is 0. The Hall–Kier alpha value is -0.920. The van der Waals surface area contributed by atoms with Crippen LogP contribution in [0.1, 0.15) is 16.8 Å². The highest BCUT2D eigenvalue weighted by Gasteiger charge is 2.05. The van der Waals surface area contributed by atoms with Gasteiger partial charge in [0.2, 0.25) is 0 Å². The molecule has 1 heterocycles. The van der Waals surface area contributed by atoms with Gasteiger partial charge in [-0.25, -0.2) is 0 Å². The molecule has 0 atom stereocenters. The van der Waals surface area contributed by atoms with Crippen molar-refractivity contribution in [1.82, 2.24) is 15.1 Å². The minimum Gasteiger partial charge on any atom is -0.383 e. The van der Waals surface area contributed by atoms with Gasteiger partial charge >= 0.3 is 0 Å². The predicted octanol–water partition coefficient (Wildman–Crippen LogP) is 2.58. The molecule has 0 amide bonds. The molecule has 108 valence electrons. The first-order valence-electron chi connectivity index (χ1n) is 6.66. The molecule has 0 saturated heterocycles. The fourth-order valence-electron chi connectivity index (χ4n) is 1.99. The Bertz CT molecular complexity index is 537. The number of nitrogens with zero attached hydrogens (tertiary/aromatic N) is 2. The highest BCUT2D eigenvalue weighted by molar-refractivity contribution is 14.1. The fraction of sp³-hybridized carbons (Fsp3) is 0.400. The molecule has 0 radical (unpaired) electrons. The van der Waals surface area contributed by atoms with E-state index in [0.717, 1.165) is 31.9 Å². The van der Waals surface area contributed by atoms with Crippen LogP contribution in [0, 0.1) is 10.5 Å². The van der Waals surface area contributed by atoms with Gasteiger partial charge in [-0.15, -0.1) is 0 Å². The minimum atomic E-state index is 0.732. The van der Waals surface area contributed by atoms with Crippen molar-refractivity contribution in [2.24, 2.45) is 0 Å². The molecule has 0 fully saturated rings. The van der Waals surface area contributed by atoms with E-state index < -0.39 is 0 Å². The summed E-state index contributed by atoms with van der Waals surface area (Å²) in [5.41, 5.74) is 3.60. The predicted molar refractivity (Wildman–Crippen MR) is 88.8 cm³/mol. The van der Waals surface area contributed by atoms with Gasteiger partial charge < -0.3 is 10.1 Å². The zero-order valence-corrected chi connectivity index (χ0v) is 14.1. The Kier molecular flexibility index (Phi) is 6.00. The number of aromatic nitrogens is 2. The number of halogens is 1. The zero-order chi connectivity index (χ0) is 14.4. The first-order chi connectivity index (χ1) is 9.69. The summed E-state index contributed by atoms with van der Waals surface area (Å²) >= 11 is 2.32. The van der Waals surface area contributed by atoms with Gasteiger partial charge in [-0.3, -0.25) is 4.68 Å². The van der Waals surface area contributed by atoms with Crippen LogP contribution >= 0.6 is 22.6 Å². The summed E-state index contributed by atoms with van der Waals surface area (Å²) in [6.45, 7) is 5.30. The van der Waals surface area contributed by atoms with Crippen molar-refractivity contribution in [2.45, 2.75) is 20.0 Å². The van der Waals surface area contributed by atoms with Gasteiger partial charge in [-0.2, -0.15) is 5.10 Å². The highest BCUT2D eigenvalue weighted by Crippen LogP contribution is 2.10. The smallest absolute Gasteiger partial charge is 0.0659 e. The van der Waals surface area contributed by atoms with Crippen molar-refractivity contribution in [1.29, 1.82) is 0 Å². The van der Waals surface area contributed by atoms with E-state index in [1.165, 1.54) is 14.7 Å². The molecule has 0 bridgehead atoms. The molecule has 0 saturated carbocycles. The topological polar surface area (TPSA) is 39.1 Å². The quantitative estimate of drug-likeness (QED) is 0.588. The van der Waals surface area contributed by atoms with Gasteiger partial charge in [0.15, 0.2) is 0 Å². The molecule has 1 aromatic heterocycles. The monoisotopic (exact) mass is 385 g/mol. The number of hydrogen-bond acceptors (Lipinski definition) is 3. The summed E-state index contributed by atoms with van der Waals surface area (Å²) in [5, 5.41) is 7.92. The first kappa shape index (κ1) is 15.5. The second-order valence-corrected chi connectivity index (χ2v) is 5.98. The number of benzene rings is 1. The van der Waals surface area contributed by atoms with Crippen LogP contribution in [-0.4, -0.2) is 30.0 Å². The van der Waals surface area contributed by atoms with E-state index in [-0.39, 0.29) is 0 Å². The van der Waals surface area contributed by atoms with Crippen LogP contribution in [0.4, 0.5) is 0 Å². The summed E-state index contributed by atoms with van der Waals surface area (Å²) < 4.78 is 8.28. The third-order valence-electron chi connectivity index (χ3n) is 3.10. The summed E-state index contributed by atoms with van der Waals surface area (Å²) in [6.07, 6.45) is 2.12. The molecule has 2 rings (SSSR count). The van der Waals surface area contributed by atoms with Crippen LogP contribution in [0.15, 0.2) is 30.5 Å². The standard InChI is InChI=1S/C15H20IN3O/c1-12-14(9-17-7-8-20-2)11-19(18-12)10-13-3-5-15(16)6-4-13/h3-6,11,17H,7-10H2,1-2H3. The van der Waals surface area contributed by atoms with E-state index in [1.54, 1.807) is 7.11 Å². The Morgan fingerprint density at radius 1 is 1.30 bits per heavy atom. The zero-order valence-electron chi connectivity index (χ0n) is 11.9. The lowest BCUT2D eigenvalue weighted by Gasteiger charge is -2.02. The molecule has 0 aliphatic heterocycles. The number of methoxy groups -OCH3 is 1. The maximum Gasteiger partial charge on any atom is 0.0659 e. The Morgan fingerprint density at radius 3 is 2.75 bits per heavy atom. The van der Waals surface area contributed by atoms with Crippen LogP contribution in [0.5, 0.6) is 0 Å². The van der Waals surface area contributed by atoms with Gasteiger partial charge in [0.1, 0.15) is 0 Å². The normalized spacial score (nSPS) is 10.9. The molecule has 0 aliphatic carbocycles. The van der Waals surface area contributed by atoms with Crippen LogP contribution in [0.2, 0.25) is 0 Å². The molecule has 20 heavy (non-hydrogen) atoms. The van der Waals surface area contributed by atoms with Crippen LogP contribution in [-0.2, 0) is 17.8 Å². The third-order valence-corrected chi connectivity index (χ3v) is 3.82. The number of aryl methyl sites for hydroxylation is 1. The molecular weight excluding hydrogens is 365 g/mol. The lowest BCUT2D eigenvalue weighted by molar-refractivity contribution is 0.199. The van der Waals surface area contributed by atoms with E-state index in [4.69, 9.17) is 4.74 Å². The second-order valence-electron chi connectivity index (χ2n) is 4.73. The van der Waals surface area contributed by atoms with Crippen molar-refractivity contribution in [3.05, 3.63) is 50.9 Å². The lowest BCUT2D eigenvalue weighted by atomic mass is 10.2. The summed E-state index contributed by atoms with van der Waals surface area (Å²) in [7, 11) is 1.71. The maximum absolute atomic E-state index is 5.02. The van der Waals surface area contributed by atoms with E-state index >= 15 is 0 Å². The maximum atomic E-state index is 5.02. The van der Waals surface area contributed by atoms with Crippen molar-refractivity contribution >= 4 is 22.6 Å². The highest BCUT2D eigenvalue weighted by atomic mass is 127. The van der Waals surface area contributed by atoms with Crippen molar-refractivity contribution in [2.75, 3.05) is 20.3 Å². The molecule has 2 aromatic rings. The fourth-order valence-corrected chi connectivity index (χ4v) is 2.35. The molecule has 1 aromatic carbocycles. The number of rotatable bonds is 7. The largest absolute Gasteiger partial charge is 0.383 e. The van der Waals surface area contributed by atoms with Gasteiger partial charge in [0.25, 0.3) is 0 Å². The molecule has 5 heteroatoms. The van der Waals surface area contributed by atoms with E-state index in [1.807, 2.05) is 4.68 Å².